The third-order valence-corrected chi connectivity index (χ3v) is 5.48. The van der Waals surface area contributed by atoms with Crippen molar-refractivity contribution in [3.8, 4) is 11.5 Å². The van der Waals surface area contributed by atoms with E-state index >= 15 is 0 Å². The second-order valence-corrected chi connectivity index (χ2v) is 8.24. The molecule has 0 saturated heterocycles. The summed E-state index contributed by atoms with van der Waals surface area (Å²) in [5.74, 6) is 0.324. The molecule has 154 valence electrons. The fourth-order valence-corrected chi connectivity index (χ4v) is 2.92. The lowest BCUT2D eigenvalue weighted by atomic mass is 10.1. The number of benzene rings is 1. The summed E-state index contributed by atoms with van der Waals surface area (Å²) in [4.78, 5) is 14.3. The number of rotatable bonds is 11. The first-order valence-corrected chi connectivity index (χ1v) is 11.0. The summed E-state index contributed by atoms with van der Waals surface area (Å²) in [5, 5.41) is 2.94. The van der Waals surface area contributed by atoms with Gasteiger partial charge in [-0.25, -0.2) is 4.79 Å². The molecule has 1 unspecified atom stereocenters. The van der Waals surface area contributed by atoms with Gasteiger partial charge in [-0.1, -0.05) is 26.3 Å². The maximum atomic E-state index is 12.6. The number of amides is 2. The van der Waals surface area contributed by atoms with Gasteiger partial charge < -0.3 is 19.1 Å². The standard InChI is InChI=1S/C19H32N2O5S/c1-6-9-12-20-19(22)21(15(4)7-2)14-16-10-11-17(25-5)18(13-16)26-27(23,24)8-3/h10-11,13,15H,6-9,12,14H2,1-5H3,(H,20,22). The Morgan fingerprint density at radius 3 is 2.48 bits per heavy atom. The van der Waals surface area contributed by atoms with Crippen LogP contribution in [0.1, 0.15) is 52.5 Å². The van der Waals surface area contributed by atoms with Crippen molar-refractivity contribution >= 4 is 16.1 Å². The van der Waals surface area contributed by atoms with Crippen molar-refractivity contribution in [3.63, 3.8) is 0 Å². The van der Waals surface area contributed by atoms with E-state index in [0.29, 0.717) is 18.8 Å². The van der Waals surface area contributed by atoms with Crippen LogP contribution >= 0.6 is 0 Å². The number of nitrogens with zero attached hydrogens (tertiary/aromatic N) is 1. The molecule has 0 saturated carbocycles. The average molecular weight is 401 g/mol. The third kappa shape index (κ3) is 7.28. The molecule has 0 aliphatic heterocycles. The molecule has 0 heterocycles. The Morgan fingerprint density at radius 1 is 1.22 bits per heavy atom. The highest BCUT2D eigenvalue weighted by Gasteiger charge is 2.21. The van der Waals surface area contributed by atoms with Gasteiger partial charge >= 0.3 is 16.1 Å². The van der Waals surface area contributed by atoms with Crippen molar-refractivity contribution in [2.45, 2.75) is 59.5 Å². The molecule has 0 fully saturated rings. The minimum absolute atomic E-state index is 0.0393. The Balaban J connectivity index is 3.05. The van der Waals surface area contributed by atoms with Crippen LogP contribution in [0.25, 0.3) is 0 Å². The second kappa shape index (κ2) is 11.0. The third-order valence-electron chi connectivity index (χ3n) is 4.34. The van der Waals surface area contributed by atoms with Crippen molar-refractivity contribution < 1.29 is 22.1 Å². The van der Waals surface area contributed by atoms with Crippen molar-refractivity contribution in [1.82, 2.24) is 10.2 Å². The summed E-state index contributed by atoms with van der Waals surface area (Å²) in [6.07, 6.45) is 2.75. The molecule has 7 nitrogen and oxygen atoms in total. The fourth-order valence-electron chi connectivity index (χ4n) is 2.40. The van der Waals surface area contributed by atoms with Crippen LogP contribution in [0.15, 0.2) is 18.2 Å². The van der Waals surface area contributed by atoms with E-state index in [4.69, 9.17) is 8.92 Å². The number of ether oxygens (including phenoxy) is 1. The van der Waals surface area contributed by atoms with Crippen molar-refractivity contribution in [1.29, 1.82) is 0 Å². The molecule has 27 heavy (non-hydrogen) atoms. The zero-order valence-corrected chi connectivity index (χ0v) is 17.8. The van der Waals surface area contributed by atoms with E-state index in [-0.39, 0.29) is 23.6 Å². The minimum atomic E-state index is -3.68. The van der Waals surface area contributed by atoms with Crippen LogP contribution in [0.5, 0.6) is 11.5 Å². The van der Waals surface area contributed by atoms with E-state index < -0.39 is 10.1 Å². The van der Waals surface area contributed by atoms with Gasteiger partial charge in [0, 0.05) is 19.1 Å². The van der Waals surface area contributed by atoms with Crippen molar-refractivity contribution in [2.24, 2.45) is 0 Å². The topological polar surface area (TPSA) is 84.9 Å². The predicted octanol–water partition coefficient (Wildman–Crippen LogP) is 3.53. The smallest absolute Gasteiger partial charge is 0.317 e. The molecule has 0 radical (unpaired) electrons. The Hall–Kier alpha value is -1.96. The maximum Gasteiger partial charge on any atom is 0.317 e. The summed E-state index contributed by atoms with van der Waals surface area (Å²) in [6, 6.07) is 4.98. The molecule has 1 rings (SSSR count). The summed E-state index contributed by atoms with van der Waals surface area (Å²) < 4.78 is 34.0. The molecule has 0 aromatic heterocycles. The van der Waals surface area contributed by atoms with Crippen molar-refractivity contribution in [2.75, 3.05) is 19.4 Å². The first-order valence-electron chi connectivity index (χ1n) is 9.41. The van der Waals surface area contributed by atoms with Gasteiger partial charge in [-0.05, 0) is 44.4 Å². The molecule has 0 aliphatic carbocycles. The maximum absolute atomic E-state index is 12.6. The zero-order chi connectivity index (χ0) is 20.4. The molecular formula is C19H32N2O5S. The van der Waals surface area contributed by atoms with Crippen LogP contribution in [0.3, 0.4) is 0 Å². The van der Waals surface area contributed by atoms with Crippen LogP contribution in [-0.4, -0.2) is 44.8 Å². The van der Waals surface area contributed by atoms with Crippen LogP contribution in [-0.2, 0) is 16.7 Å². The van der Waals surface area contributed by atoms with Gasteiger partial charge in [-0.3, -0.25) is 0 Å². The quantitative estimate of drug-likeness (QED) is 0.454. The lowest BCUT2D eigenvalue weighted by molar-refractivity contribution is 0.173. The van der Waals surface area contributed by atoms with Crippen LogP contribution in [0.2, 0.25) is 0 Å². The normalized spacial score (nSPS) is 12.3. The fraction of sp³-hybridized carbons (Fsp3) is 0.632. The second-order valence-electron chi connectivity index (χ2n) is 6.39. The molecular weight excluding hydrogens is 368 g/mol. The lowest BCUT2D eigenvalue weighted by Crippen LogP contribution is -2.44. The largest absolute Gasteiger partial charge is 0.493 e. The Bertz CT molecular complexity index is 706. The number of carbonyl (C=O) groups is 1. The minimum Gasteiger partial charge on any atom is -0.493 e. The molecule has 2 amide bonds. The van der Waals surface area contributed by atoms with Gasteiger partial charge in [0.2, 0.25) is 0 Å². The van der Waals surface area contributed by atoms with E-state index in [1.165, 1.54) is 14.0 Å². The van der Waals surface area contributed by atoms with Crippen molar-refractivity contribution in [3.05, 3.63) is 23.8 Å². The molecule has 1 atom stereocenters. The van der Waals surface area contributed by atoms with Gasteiger partial charge in [-0.2, -0.15) is 8.42 Å². The average Bonchev–Trinajstić information content (AvgIpc) is 2.65. The number of nitrogens with one attached hydrogen (secondary N) is 1. The number of unbranched alkanes of at least 4 members (excludes halogenated alkanes) is 1. The molecule has 1 aromatic carbocycles. The summed E-state index contributed by atoms with van der Waals surface area (Å²) in [5.41, 5.74) is 0.767. The summed E-state index contributed by atoms with van der Waals surface area (Å²) in [7, 11) is -2.22. The lowest BCUT2D eigenvalue weighted by Gasteiger charge is -2.29. The van der Waals surface area contributed by atoms with E-state index in [2.05, 4.69) is 12.2 Å². The van der Waals surface area contributed by atoms with E-state index in [1.54, 1.807) is 23.1 Å². The SMILES string of the molecule is CCCCNC(=O)N(Cc1ccc(OC)c(OS(=O)(=O)CC)c1)C(C)CC. The van der Waals surface area contributed by atoms with Crippen LogP contribution < -0.4 is 14.2 Å². The predicted molar refractivity (Wildman–Crippen MR) is 107 cm³/mol. The number of urea groups is 1. The highest BCUT2D eigenvalue weighted by Crippen LogP contribution is 2.30. The monoisotopic (exact) mass is 400 g/mol. The highest BCUT2D eigenvalue weighted by molar-refractivity contribution is 7.87. The summed E-state index contributed by atoms with van der Waals surface area (Å²) in [6.45, 7) is 8.57. The first kappa shape index (κ1) is 23.1. The molecule has 0 aliphatic rings. The first-order chi connectivity index (χ1) is 12.8. The Kier molecular flexibility index (Phi) is 9.41. The van der Waals surface area contributed by atoms with E-state index in [0.717, 1.165) is 24.8 Å². The van der Waals surface area contributed by atoms with Gasteiger partial charge in [0.25, 0.3) is 0 Å². The molecule has 1 N–H and O–H groups in total. The van der Waals surface area contributed by atoms with Gasteiger partial charge in [0.15, 0.2) is 11.5 Å². The number of methoxy groups -OCH3 is 1. The molecule has 1 aromatic rings. The Morgan fingerprint density at radius 2 is 1.93 bits per heavy atom. The summed E-state index contributed by atoms with van der Waals surface area (Å²) >= 11 is 0. The van der Waals surface area contributed by atoms with Crippen LogP contribution in [0.4, 0.5) is 4.79 Å². The Labute approximate surface area is 163 Å². The molecule has 0 bridgehead atoms. The van der Waals surface area contributed by atoms with E-state index in [1.807, 2.05) is 13.8 Å². The number of carbonyl (C=O) groups excluding carboxylic acids is 1. The highest BCUT2D eigenvalue weighted by atomic mass is 32.2. The van der Waals surface area contributed by atoms with Gasteiger partial charge in [0.05, 0.1) is 12.9 Å². The van der Waals surface area contributed by atoms with Crippen LogP contribution in [0, 0.1) is 0 Å². The van der Waals surface area contributed by atoms with Gasteiger partial charge in [-0.15, -0.1) is 0 Å². The zero-order valence-electron chi connectivity index (χ0n) is 16.9. The van der Waals surface area contributed by atoms with Gasteiger partial charge in [0.1, 0.15) is 0 Å². The molecule has 0 spiro atoms. The number of hydrogen-bond donors (Lipinski definition) is 1. The molecule has 8 heteroatoms. The number of hydrogen-bond acceptors (Lipinski definition) is 5. The van der Waals surface area contributed by atoms with E-state index in [9.17, 15) is 13.2 Å².